The second-order valence-corrected chi connectivity index (χ2v) is 8.06. The van der Waals surface area contributed by atoms with Crippen LogP contribution in [-0.2, 0) is 6.42 Å². The predicted molar refractivity (Wildman–Crippen MR) is 85.3 cm³/mol. The first-order chi connectivity index (χ1) is 9.86. The molecule has 3 heteroatoms. The van der Waals surface area contributed by atoms with Gasteiger partial charge in [-0.2, -0.15) is 0 Å². The Labute approximate surface area is 126 Å². The lowest BCUT2D eigenvalue weighted by Crippen LogP contribution is -2.64. The highest BCUT2D eigenvalue weighted by Gasteiger charge is 2.46. The van der Waals surface area contributed by atoms with E-state index in [-0.39, 0.29) is 0 Å². The third-order valence-electron chi connectivity index (χ3n) is 5.71. The fourth-order valence-corrected chi connectivity index (χ4v) is 5.00. The van der Waals surface area contributed by atoms with Crippen LogP contribution in [0.3, 0.4) is 0 Å². The van der Waals surface area contributed by atoms with Crippen molar-refractivity contribution in [3.8, 4) is 0 Å². The van der Waals surface area contributed by atoms with Gasteiger partial charge in [0, 0.05) is 36.1 Å². The molecule has 1 aliphatic heterocycles. The highest BCUT2D eigenvalue weighted by molar-refractivity contribution is 7.09. The molecule has 3 aliphatic rings. The maximum atomic E-state index is 3.90. The van der Waals surface area contributed by atoms with Crippen molar-refractivity contribution >= 4 is 11.3 Å². The first-order valence-corrected chi connectivity index (χ1v) is 9.25. The van der Waals surface area contributed by atoms with Gasteiger partial charge in [-0.25, -0.2) is 0 Å². The third kappa shape index (κ3) is 2.56. The number of piperazine rings is 1. The molecule has 0 aromatic carbocycles. The quantitative estimate of drug-likeness (QED) is 0.915. The molecule has 0 bridgehead atoms. The monoisotopic (exact) mass is 290 g/mol. The summed E-state index contributed by atoms with van der Waals surface area (Å²) < 4.78 is 0. The van der Waals surface area contributed by atoms with E-state index in [1.807, 2.05) is 11.3 Å². The molecule has 1 atom stereocenters. The van der Waals surface area contributed by atoms with Crippen LogP contribution in [0.4, 0.5) is 0 Å². The molecule has 1 spiro atoms. The van der Waals surface area contributed by atoms with Gasteiger partial charge in [0.2, 0.25) is 0 Å². The Kier molecular flexibility index (Phi) is 3.61. The van der Waals surface area contributed by atoms with Crippen LogP contribution in [0.15, 0.2) is 17.5 Å². The molecule has 2 heterocycles. The molecule has 1 aromatic rings. The maximum absolute atomic E-state index is 3.90. The fourth-order valence-electron chi connectivity index (χ4n) is 4.30. The van der Waals surface area contributed by atoms with Crippen LogP contribution in [0.25, 0.3) is 0 Å². The number of hydrogen-bond donors (Lipinski definition) is 1. The summed E-state index contributed by atoms with van der Waals surface area (Å²) in [6.45, 7) is 3.82. The Morgan fingerprint density at radius 3 is 2.85 bits per heavy atom. The van der Waals surface area contributed by atoms with Crippen molar-refractivity contribution in [2.24, 2.45) is 5.92 Å². The molecule has 20 heavy (non-hydrogen) atoms. The van der Waals surface area contributed by atoms with E-state index < -0.39 is 0 Å². The lowest BCUT2D eigenvalue weighted by atomic mass is 9.89. The van der Waals surface area contributed by atoms with Gasteiger partial charge in [-0.05, 0) is 49.5 Å². The van der Waals surface area contributed by atoms with Gasteiger partial charge in [0.15, 0.2) is 0 Å². The Morgan fingerprint density at radius 2 is 2.15 bits per heavy atom. The van der Waals surface area contributed by atoms with Crippen LogP contribution < -0.4 is 5.32 Å². The fraction of sp³-hybridized carbons (Fsp3) is 0.765. The molecule has 0 amide bonds. The van der Waals surface area contributed by atoms with Crippen molar-refractivity contribution in [3.63, 3.8) is 0 Å². The molecule has 4 rings (SSSR count). The van der Waals surface area contributed by atoms with Crippen LogP contribution in [0.5, 0.6) is 0 Å². The van der Waals surface area contributed by atoms with E-state index in [1.54, 1.807) is 4.88 Å². The van der Waals surface area contributed by atoms with E-state index >= 15 is 0 Å². The van der Waals surface area contributed by atoms with Crippen molar-refractivity contribution in [3.05, 3.63) is 22.4 Å². The minimum absolute atomic E-state index is 0.503. The van der Waals surface area contributed by atoms with Crippen LogP contribution >= 0.6 is 11.3 Å². The predicted octanol–water partition coefficient (Wildman–Crippen LogP) is 3.29. The summed E-state index contributed by atoms with van der Waals surface area (Å²) in [5.41, 5.74) is 0.503. The van der Waals surface area contributed by atoms with E-state index in [4.69, 9.17) is 0 Å². The standard InChI is InChI=1S/C17H26N2S/c1-2-9-17(8-1)13-18-16(14-5-6-14)12-19(17)10-7-15-4-3-11-20-15/h3-4,11,14,16,18H,1-2,5-10,12-13H2. The first-order valence-electron chi connectivity index (χ1n) is 8.37. The molecule has 110 valence electrons. The average molecular weight is 290 g/mol. The second-order valence-electron chi connectivity index (χ2n) is 7.03. The molecule has 2 nitrogen and oxygen atoms in total. The van der Waals surface area contributed by atoms with Gasteiger partial charge in [0.25, 0.3) is 0 Å². The van der Waals surface area contributed by atoms with Gasteiger partial charge in [-0.3, -0.25) is 4.90 Å². The van der Waals surface area contributed by atoms with E-state index in [0.29, 0.717) is 5.54 Å². The van der Waals surface area contributed by atoms with E-state index in [0.717, 1.165) is 12.0 Å². The third-order valence-corrected chi connectivity index (χ3v) is 6.65. The normalized spacial score (nSPS) is 30.1. The van der Waals surface area contributed by atoms with Crippen LogP contribution in [-0.4, -0.2) is 36.1 Å². The zero-order chi connectivity index (χ0) is 13.4. The van der Waals surface area contributed by atoms with Gasteiger partial charge in [-0.1, -0.05) is 18.9 Å². The van der Waals surface area contributed by atoms with Gasteiger partial charge in [0.1, 0.15) is 0 Å². The zero-order valence-electron chi connectivity index (χ0n) is 12.3. The summed E-state index contributed by atoms with van der Waals surface area (Å²) in [6, 6.07) is 5.27. The molecule has 1 saturated heterocycles. The minimum Gasteiger partial charge on any atom is -0.311 e. The highest BCUT2D eigenvalue weighted by Crippen LogP contribution is 2.41. The molecule has 2 saturated carbocycles. The Bertz CT molecular complexity index is 432. The summed E-state index contributed by atoms with van der Waals surface area (Å²) in [7, 11) is 0. The summed E-state index contributed by atoms with van der Waals surface area (Å²) in [4.78, 5) is 4.43. The summed E-state index contributed by atoms with van der Waals surface area (Å²) in [5.74, 6) is 0.984. The van der Waals surface area contributed by atoms with Crippen molar-refractivity contribution in [2.75, 3.05) is 19.6 Å². The molecule has 1 N–H and O–H groups in total. The minimum atomic E-state index is 0.503. The number of thiophene rings is 1. The van der Waals surface area contributed by atoms with Crippen LogP contribution in [0, 0.1) is 5.92 Å². The SMILES string of the molecule is c1csc(CCN2CC(C3CC3)NCC23CCCC3)c1. The molecule has 3 fully saturated rings. The molecular weight excluding hydrogens is 264 g/mol. The van der Waals surface area contributed by atoms with E-state index in [1.165, 1.54) is 64.6 Å². The Hall–Kier alpha value is -0.380. The number of rotatable bonds is 4. The number of nitrogens with one attached hydrogen (secondary N) is 1. The molecule has 0 radical (unpaired) electrons. The van der Waals surface area contributed by atoms with Crippen molar-refractivity contribution < 1.29 is 0 Å². The Morgan fingerprint density at radius 1 is 1.30 bits per heavy atom. The molecule has 1 aromatic heterocycles. The number of hydrogen-bond acceptors (Lipinski definition) is 3. The highest BCUT2D eigenvalue weighted by atomic mass is 32.1. The topological polar surface area (TPSA) is 15.3 Å². The van der Waals surface area contributed by atoms with Gasteiger partial charge < -0.3 is 5.32 Å². The van der Waals surface area contributed by atoms with Crippen LogP contribution in [0.1, 0.15) is 43.4 Å². The van der Waals surface area contributed by atoms with Crippen molar-refractivity contribution in [1.29, 1.82) is 0 Å². The van der Waals surface area contributed by atoms with Crippen LogP contribution in [0.2, 0.25) is 0 Å². The van der Waals surface area contributed by atoms with Crippen molar-refractivity contribution in [2.45, 2.75) is 56.5 Å². The van der Waals surface area contributed by atoms with Gasteiger partial charge in [-0.15, -0.1) is 11.3 Å². The average Bonchev–Trinajstić information content (AvgIpc) is 2.99. The van der Waals surface area contributed by atoms with Crippen molar-refractivity contribution in [1.82, 2.24) is 10.2 Å². The first kappa shape index (κ1) is 13.3. The second kappa shape index (κ2) is 5.43. The molecule has 1 unspecified atom stereocenters. The number of nitrogens with zero attached hydrogens (tertiary/aromatic N) is 1. The van der Waals surface area contributed by atoms with E-state index in [2.05, 4.69) is 27.7 Å². The largest absolute Gasteiger partial charge is 0.311 e. The molecule has 2 aliphatic carbocycles. The summed E-state index contributed by atoms with van der Waals surface area (Å²) in [6.07, 6.45) is 9.88. The summed E-state index contributed by atoms with van der Waals surface area (Å²) in [5, 5.41) is 6.11. The van der Waals surface area contributed by atoms with Gasteiger partial charge in [0.05, 0.1) is 0 Å². The van der Waals surface area contributed by atoms with Gasteiger partial charge >= 0.3 is 0 Å². The smallest absolute Gasteiger partial charge is 0.0334 e. The lowest BCUT2D eigenvalue weighted by Gasteiger charge is -2.48. The van der Waals surface area contributed by atoms with E-state index in [9.17, 15) is 0 Å². The lowest BCUT2D eigenvalue weighted by molar-refractivity contribution is 0.0395. The summed E-state index contributed by atoms with van der Waals surface area (Å²) >= 11 is 1.92. The molecular formula is C17H26N2S. The zero-order valence-corrected chi connectivity index (χ0v) is 13.1. The Balaban J connectivity index is 1.45. The maximum Gasteiger partial charge on any atom is 0.0334 e.